The lowest BCUT2D eigenvalue weighted by Gasteiger charge is -2.15. The second kappa shape index (κ2) is 4.97. The molecule has 7 heteroatoms. The van der Waals surface area contributed by atoms with Crippen LogP contribution in [0, 0.1) is 0 Å². The second-order valence-corrected chi connectivity index (χ2v) is 4.15. The molecule has 0 aromatic rings. The molecule has 0 bridgehead atoms. The minimum Gasteiger partial charge on any atom is -0.458 e. The molecule has 0 aromatic heterocycles. The maximum atomic E-state index is 12.1. The van der Waals surface area contributed by atoms with E-state index in [1.54, 1.807) is 22.6 Å². The summed E-state index contributed by atoms with van der Waals surface area (Å²) < 4.78 is 50.6. The standard InChI is InChI=1S/C6H7F4IO2/c1-3(11)4(12)13-2-6(9,10)5(7)8/h3,5H,2H2,1H3. The number of halogens is 5. The van der Waals surface area contributed by atoms with Gasteiger partial charge in [-0.1, -0.05) is 22.6 Å². The SMILES string of the molecule is CC(I)C(=O)OCC(F)(F)C(F)F. The number of carbonyl (C=O) groups is 1. The van der Waals surface area contributed by atoms with E-state index < -0.39 is 28.8 Å². The third kappa shape index (κ3) is 4.63. The molecule has 0 amide bonds. The van der Waals surface area contributed by atoms with Gasteiger partial charge >= 0.3 is 18.3 Å². The number of alkyl halides is 5. The fourth-order valence-corrected chi connectivity index (χ4v) is 0.525. The van der Waals surface area contributed by atoms with E-state index in [-0.39, 0.29) is 0 Å². The number of hydrogen-bond acceptors (Lipinski definition) is 2. The first kappa shape index (κ1) is 12.9. The van der Waals surface area contributed by atoms with Gasteiger partial charge < -0.3 is 4.74 Å². The fourth-order valence-electron chi connectivity index (χ4n) is 0.345. The van der Waals surface area contributed by atoms with E-state index in [2.05, 4.69) is 4.74 Å². The van der Waals surface area contributed by atoms with Crippen molar-refractivity contribution in [2.75, 3.05) is 6.61 Å². The first-order valence-corrected chi connectivity index (χ1v) is 4.48. The predicted octanol–water partition coefficient (Wildman–Crippen LogP) is 2.25. The summed E-state index contributed by atoms with van der Waals surface area (Å²) in [5.74, 6) is -5.19. The molecule has 1 unspecified atom stereocenters. The van der Waals surface area contributed by atoms with Crippen LogP contribution >= 0.6 is 22.6 Å². The normalized spacial score (nSPS) is 14.4. The quantitative estimate of drug-likeness (QED) is 0.344. The maximum absolute atomic E-state index is 12.1. The van der Waals surface area contributed by atoms with Gasteiger partial charge in [0, 0.05) is 0 Å². The summed E-state index contributed by atoms with van der Waals surface area (Å²) in [6, 6.07) is 0. The summed E-state index contributed by atoms with van der Waals surface area (Å²) >= 11 is 1.63. The van der Waals surface area contributed by atoms with Gasteiger partial charge in [0.05, 0.1) is 0 Å². The average Bonchev–Trinajstić information content (AvgIpc) is 1.99. The molecule has 1 atom stereocenters. The highest BCUT2D eigenvalue weighted by Gasteiger charge is 2.42. The van der Waals surface area contributed by atoms with Gasteiger partial charge in [0.1, 0.15) is 3.92 Å². The molecule has 0 aromatic carbocycles. The molecule has 0 N–H and O–H groups in total. The van der Waals surface area contributed by atoms with Crippen molar-refractivity contribution in [2.45, 2.75) is 23.2 Å². The van der Waals surface area contributed by atoms with Crippen LogP contribution in [-0.2, 0) is 9.53 Å². The van der Waals surface area contributed by atoms with Crippen LogP contribution in [0.1, 0.15) is 6.92 Å². The van der Waals surface area contributed by atoms with Crippen molar-refractivity contribution in [1.82, 2.24) is 0 Å². The molecule has 0 spiro atoms. The van der Waals surface area contributed by atoms with E-state index in [0.29, 0.717) is 0 Å². The summed E-state index contributed by atoms with van der Waals surface area (Å²) in [7, 11) is 0. The van der Waals surface area contributed by atoms with E-state index in [1.165, 1.54) is 6.92 Å². The average molecular weight is 314 g/mol. The van der Waals surface area contributed by atoms with Crippen molar-refractivity contribution in [2.24, 2.45) is 0 Å². The van der Waals surface area contributed by atoms with Crippen LogP contribution in [0.3, 0.4) is 0 Å². The molecule has 0 aliphatic heterocycles. The van der Waals surface area contributed by atoms with Crippen molar-refractivity contribution in [3.63, 3.8) is 0 Å². The molecule has 0 fully saturated rings. The van der Waals surface area contributed by atoms with Crippen molar-refractivity contribution in [3.05, 3.63) is 0 Å². The Balaban J connectivity index is 3.95. The van der Waals surface area contributed by atoms with Crippen LogP contribution < -0.4 is 0 Å². The molecule has 13 heavy (non-hydrogen) atoms. The summed E-state index contributed by atoms with van der Waals surface area (Å²) in [5, 5.41) is 0. The van der Waals surface area contributed by atoms with Crippen LogP contribution in [0.25, 0.3) is 0 Å². The molecule has 0 aliphatic carbocycles. The van der Waals surface area contributed by atoms with Crippen LogP contribution in [0.15, 0.2) is 0 Å². The van der Waals surface area contributed by atoms with Gasteiger partial charge in [-0.15, -0.1) is 0 Å². The van der Waals surface area contributed by atoms with Crippen LogP contribution in [0.2, 0.25) is 0 Å². The molecule has 0 saturated carbocycles. The first-order valence-electron chi connectivity index (χ1n) is 3.24. The van der Waals surface area contributed by atoms with Crippen LogP contribution in [-0.4, -0.2) is 28.8 Å². The Hall–Kier alpha value is -0.0800. The van der Waals surface area contributed by atoms with Crippen LogP contribution in [0.5, 0.6) is 0 Å². The highest BCUT2D eigenvalue weighted by molar-refractivity contribution is 14.1. The monoisotopic (exact) mass is 314 g/mol. The van der Waals surface area contributed by atoms with Crippen molar-refractivity contribution in [1.29, 1.82) is 0 Å². The largest absolute Gasteiger partial charge is 0.458 e. The molecular weight excluding hydrogens is 307 g/mol. The van der Waals surface area contributed by atoms with E-state index in [4.69, 9.17) is 0 Å². The van der Waals surface area contributed by atoms with E-state index in [1.807, 2.05) is 0 Å². The molecule has 0 saturated heterocycles. The number of rotatable bonds is 4. The highest BCUT2D eigenvalue weighted by Crippen LogP contribution is 2.23. The van der Waals surface area contributed by atoms with E-state index in [9.17, 15) is 22.4 Å². The highest BCUT2D eigenvalue weighted by atomic mass is 127. The zero-order valence-corrected chi connectivity index (χ0v) is 8.73. The number of esters is 1. The maximum Gasteiger partial charge on any atom is 0.340 e. The van der Waals surface area contributed by atoms with Gasteiger partial charge in [-0.05, 0) is 6.92 Å². The van der Waals surface area contributed by atoms with Crippen LogP contribution in [0.4, 0.5) is 17.6 Å². The number of carbonyl (C=O) groups excluding carboxylic acids is 1. The molecule has 0 radical (unpaired) electrons. The molecular formula is C6H7F4IO2. The van der Waals surface area contributed by atoms with Gasteiger partial charge in [0.15, 0.2) is 6.61 Å². The van der Waals surface area contributed by atoms with Crippen molar-refractivity contribution in [3.8, 4) is 0 Å². The summed E-state index contributed by atoms with van der Waals surface area (Å²) in [5.41, 5.74) is 0. The minimum atomic E-state index is -4.26. The lowest BCUT2D eigenvalue weighted by Crippen LogP contribution is -2.34. The zero-order chi connectivity index (χ0) is 10.6. The Labute approximate surface area is 85.8 Å². The van der Waals surface area contributed by atoms with E-state index in [0.717, 1.165) is 0 Å². The lowest BCUT2D eigenvalue weighted by molar-refractivity contribution is -0.178. The van der Waals surface area contributed by atoms with Gasteiger partial charge in [0.2, 0.25) is 0 Å². The smallest absolute Gasteiger partial charge is 0.340 e. The zero-order valence-electron chi connectivity index (χ0n) is 6.57. The lowest BCUT2D eigenvalue weighted by atomic mass is 10.4. The summed E-state index contributed by atoms with van der Waals surface area (Å²) in [4.78, 5) is 10.6. The molecule has 0 rings (SSSR count). The minimum absolute atomic E-state index is 0.633. The van der Waals surface area contributed by atoms with Gasteiger partial charge in [-0.2, -0.15) is 8.78 Å². The Morgan fingerprint density at radius 1 is 1.54 bits per heavy atom. The number of hydrogen-bond donors (Lipinski definition) is 0. The third-order valence-corrected chi connectivity index (χ3v) is 1.56. The Bertz CT molecular complexity index is 183. The predicted molar refractivity (Wildman–Crippen MR) is 45.4 cm³/mol. The Kier molecular flexibility index (Phi) is 4.93. The van der Waals surface area contributed by atoms with Crippen molar-refractivity contribution < 1.29 is 27.1 Å². The first-order chi connectivity index (χ1) is 5.77. The number of ether oxygens (including phenoxy) is 1. The van der Waals surface area contributed by atoms with Gasteiger partial charge in [-0.25, -0.2) is 8.78 Å². The topological polar surface area (TPSA) is 26.3 Å². The molecule has 0 aliphatic rings. The Morgan fingerprint density at radius 2 is 2.00 bits per heavy atom. The van der Waals surface area contributed by atoms with Crippen molar-refractivity contribution >= 4 is 28.6 Å². The molecule has 78 valence electrons. The summed E-state index contributed by atoms with van der Waals surface area (Å²) in [6.07, 6.45) is -3.81. The molecule has 0 heterocycles. The van der Waals surface area contributed by atoms with E-state index >= 15 is 0 Å². The van der Waals surface area contributed by atoms with Gasteiger partial charge in [-0.3, -0.25) is 4.79 Å². The van der Waals surface area contributed by atoms with Gasteiger partial charge in [0.25, 0.3) is 0 Å². The second-order valence-electron chi connectivity index (χ2n) is 2.29. The third-order valence-electron chi connectivity index (χ3n) is 1.05. The molecule has 2 nitrogen and oxygen atoms in total. The summed E-state index contributed by atoms with van der Waals surface area (Å²) in [6.45, 7) is -0.166. The Morgan fingerprint density at radius 3 is 2.31 bits per heavy atom. The fraction of sp³-hybridized carbons (Fsp3) is 0.833.